The number of Topliss-reactive ketones (excluding diaryl/α,β-unsaturated/α-hetero) is 1. The van der Waals surface area contributed by atoms with Gasteiger partial charge in [-0.15, -0.1) is 0 Å². The van der Waals surface area contributed by atoms with Crippen molar-refractivity contribution in [3.8, 4) is 0 Å². The van der Waals surface area contributed by atoms with Gasteiger partial charge in [0, 0.05) is 6.20 Å². The number of nitrogens with one attached hydrogen (secondary N) is 1. The van der Waals surface area contributed by atoms with E-state index in [-0.39, 0.29) is 17.9 Å². The molecule has 106 valence electrons. The molecular weight excluding hydrogens is 256 g/mol. The van der Waals surface area contributed by atoms with Crippen molar-refractivity contribution in [3.05, 3.63) is 24.0 Å². The Labute approximate surface area is 116 Å². The normalized spacial score (nSPS) is 22.9. The Bertz CT molecular complexity index is 637. The van der Waals surface area contributed by atoms with Crippen LogP contribution in [0.4, 0.5) is 5.82 Å². The highest BCUT2D eigenvalue weighted by Gasteiger charge is 2.23. The smallest absolute Gasteiger partial charge is 0.168 e. The SMILES string of the molecule is CC(=O)c1cnn2ccc(N[C@@H]3CCCC[C@@H]3O)nc12. The summed E-state index contributed by atoms with van der Waals surface area (Å²) in [4.78, 5) is 16.0. The highest BCUT2D eigenvalue weighted by molar-refractivity contribution is 5.99. The predicted octanol–water partition coefficient (Wildman–Crippen LogP) is 1.65. The van der Waals surface area contributed by atoms with E-state index < -0.39 is 0 Å². The van der Waals surface area contributed by atoms with Gasteiger partial charge in [0.05, 0.1) is 23.9 Å². The minimum atomic E-state index is -0.334. The molecule has 1 aliphatic carbocycles. The van der Waals surface area contributed by atoms with Crippen LogP contribution in [0.2, 0.25) is 0 Å². The maximum absolute atomic E-state index is 11.5. The van der Waals surface area contributed by atoms with Crippen molar-refractivity contribution >= 4 is 17.2 Å². The maximum atomic E-state index is 11.5. The van der Waals surface area contributed by atoms with E-state index in [0.29, 0.717) is 17.0 Å². The fraction of sp³-hybridized carbons (Fsp3) is 0.500. The number of aliphatic hydroxyl groups is 1. The minimum absolute atomic E-state index is 0.0300. The Morgan fingerprint density at radius 2 is 2.25 bits per heavy atom. The molecule has 2 heterocycles. The van der Waals surface area contributed by atoms with Crippen LogP contribution in [0.5, 0.6) is 0 Å². The van der Waals surface area contributed by atoms with Crippen LogP contribution in [-0.2, 0) is 0 Å². The summed E-state index contributed by atoms with van der Waals surface area (Å²) in [6.07, 6.45) is 6.92. The summed E-state index contributed by atoms with van der Waals surface area (Å²) < 4.78 is 1.58. The van der Waals surface area contributed by atoms with Crippen LogP contribution < -0.4 is 5.32 Å². The van der Waals surface area contributed by atoms with E-state index in [9.17, 15) is 9.90 Å². The van der Waals surface area contributed by atoms with Crippen LogP contribution >= 0.6 is 0 Å². The van der Waals surface area contributed by atoms with Gasteiger partial charge >= 0.3 is 0 Å². The fourth-order valence-electron chi connectivity index (χ4n) is 2.67. The molecule has 2 atom stereocenters. The maximum Gasteiger partial charge on any atom is 0.168 e. The van der Waals surface area contributed by atoms with Crippen LogP contribution in [0.3, 0.4) is 0 Å². The molecule has 1 aliphatic rings. The molecule has 0 aromatic carbocycles. The molecule has 1 fully saturated rings. The van der Waals surface area contributed by atoms with E-state index in [1.54, 1.807) is 10.7 Å². The third kappa shape index (κ3) is 2.38. The van der Waals surface area contributed by atoms with Gasteiger partial charge in [-0.1, -0.05) is 12.8 Å². The lowest BCUT2D eigenvalue weighted by molar-refractivity contribution is 0.101. The second-order valence-electron chi connectivity index (χ2n) is 5.30. The molecular formula is C14H18N4O2. The fourth-order valence-corrected chi connectivity index (χ4v) is 2.67. The number of anilines is 1. The highest BCUT2D eigenvalue weighted by Crippen LogP contribution is 2.22. The number of carbonyl (C=O) groups excluding carboxylic acids is 1. The Kier molecular flexibility index (Phi) is 3.40. The molecule has 0 unspecified atom stereocenters. The van der Waals surface area contributed by atoms with Crippen LogP contribution in [0, 0.1) is 0 Å². The summed E-state index contributed by atoms with van der Waals surface area (Å²) in [6, 6.07) is 1.84. The summed E-state index contributed by atoms with van der Waals surface area (Å²) >= 11 is 0. The Hall–Kier alpha value is -1.95. The Morgan fingerprint density at radius 1 is 1.45 bits per heavy atom. The van der Waals surface area contributed by atoms with Gasteiger partial charge in [-0.3, -0.25) is 4.79 Å². The van der Waals surface area contributed by atoms with Crippen LogP contribution in [-0.4, -0.2) is 37.6 Å². The third-order valence-corrected chi connectivity index (χ3v) is 3.81. The summed E-state index contributed by atoms with van der Waals surface area (Å²) in [5, 5.41) is 17.3. The molecule has 0 spiro atoms. The van der Waals surface area contributed by atoms with Gasteiger partial charge in [0.15, 0.2) is 11.4 Å². The van der Waals surface area contributed by atoms with Crippen molar-refractivity contribution in [2.75, 3.05) is 5.32 Å². The minimum Gasteiger partial charge on any atom is -0.391 e. The molecule has 2 N–H and O–H groups in total. The van der Waals surface area contributed by atoms with Gasteiger partial charge in [0.25, 0.3) is 0 Å². The van der Waals surface area contributed by atoms with Crippen molar-refractivity contribution in [3.63, 3.8) is 0 Å². The first-order valence-electron chi connectivity index (χ1n) is 6.95. The van der Waals surface area contributed by atoms with Gasteiger partial charge in [-0.25, -0.2) is 9.50 Å². The number of nitrogens with zero attached hydrogens (tertiary/aromatic N) is 3. The number of aromatic nitrogens is 3. The molecule has 1 saturated carbocycles. The molecule has 0 saturated heterocycles. The molecule has 3 rings (SSSR count). The van der Waals surface area contributed by atoms with Crippen molar-refractivity contribution < 1.29 is 9.90 Å². The monoisotopic (exact) mass is 274 g/mol. The second kappa shape index (κ2) is 5.20. The quantitative estimate of drug-likeness (QED) is 0.832. The number of rotatable bonds is 3. The predicted molar refractivity (Wildman–Crippen MR) is 74.9 cm³/mol. The molecule has 2 aromatic heterocycles. The molecule has 20 heavy (non-hydrogen) atoms. The average Bonchev–Trinajstić information content (AvgIpc) is 2.84. The lowest BCUT2D eigenvalue weighted by atomic mass is 9.93. The summed E-state index contributed by atoms with van der Waals surface area (Å²) in [7, 11) is 0. The van der Waals surface area contributed by atoms with E-state index >= 15 is 0 Å². The van der Waals surface area contributed by atoms with Gasteiger partial charge in [-0.05, 0) is 25.8 Å². The van der Waals surface area contributed by atoms with Crippen molar-refractivity contribution in [1.29, 1.82) is 0 Å². The zero-order chi connectivity index (χ0) is 14.1. The number of hydrogen-bond donors (Lipinski definition) is 2. The van der Waals surface area contributed by atoms with Gasteiger partial charge in [0.1, 0.15) is 5.82 Å². The number of ketones is 1. The largest absolute Gasteiger partial charge is 0.391 e. The van der Waals surface area contributed by atoms with Crippen LogP contribution in [0.1, 0.15) is 43.0 Å². The van der Waals surface area contributed by atoms with E-state index in [1.807, 2.05) is 6.07 Å². The van der Waals surface area contributed by atoms with Crippen molar-refractivity contribution in [1.82, 2.24) is 14.6 Å². The molecule has 6 heteroatoms. The number of aliphatic hydroxyl groups excluding tert-OH is 1. The first-order valence-corrected chi connectivity index (χ1v) is 6.95. The topological polar surface area (TPSA) is 79.5 Å². The van der Waals surface area contributed by atoms with E-state index in [0.717, 1.165) is 25.7 Å². The second-order valence-corrected chi connectivity index (χ2v) is 5.30. The van der Waals surface area contributed by atoms with E-state index in [2.05, 4.69) is 15.4 Å². The number of hydrogen-bond acceptors (Lipinski definition) is 5. The van der Waals surface area contributed by atoms with Gasteiger partial charge in [-0.2, -0.15) is 5.10 Å². The Balaban J connectivity index is 1.88. The molecule has 0 radical (unpaired) electrons. The lowest BCUT2D eigenvalue weighted by Crippen LogP contribution is -2.36. The molecule has 0 aliphatic heterocycles. The summed E-state index contributed by atoms with van der Waals surface area (Å²) in [5.41, 5.74) is 1.06. The van der Waals surface area contributed by atoms with Crippen LogP contribution in [0.25, 0.3) is 5.65 Å². The first kappa shape index (κ1) is 13.1. The zero-order valence-corrected chi connectivity index (χ0v) is 11.4. The summed E-state index contributed by atoms with van der Waals surface area (Å²) in [6.45, 7) is 1.50. The molecule has 6 nitrogen and oxygen atoms in total. The van der Waals surface area contributed by atoms with Crippen molar-refractivity contribution in [2.45, 2.75) is 44.8 Å². The Morgan fingerprint density at radius 3 is 3.00 bits per heavy atom. The van der Waals surface area contributed by atoms with E-state index in [4.69, 9.17) is 0 Å². The molecule has 0 bridgehead atoms. The molecule has 2 aromatic rings. The number of carbonyl (C=O) groups is 1. The average molecular weight is 274 g/mol. The number of fused-ring (bicyclic) bond motifs is 1. The highest BCUT2D eigenvalue weighted by atomic mass is 16.3. The zero-order valence-electron chi connectivity index (χ0n) is 11.4. The molecule has 0 amide bonds. The van der Waals surface area contributed by atoms with Gasteiger partial charge < -0.3 is 10.4 Å². The van der Waals surface area contributed by atoms with E-state index in [1.165, 1.54) is 13.1 Å². The van der Waals surface area contributed by atoms with Crippen molar-refractivity contribution in [2.24, 2.45) is 0 Å². The van der Waals surface area contributed by atoms with Gasteiger partial charge in [0.2, 0.25) is 0 Å². The lowest BCUT2D eigenvalue weighted by Gasteiger charge is -2.28. The van der Waals surface area contributed by atoms with Crippen LogP contribution in [0.15, 0.2) is 18.5 Å². The first-order chi connectivity index (χ1) is 9.65. The summed E-state index contributed by atoms with van der Waals surface area (Å²) in [5.74, 6) is 0.619. The standard InChI is InChI=1S/C14H18N4O2/c1-9(19)10-8-15-18-7-6-13(17-14(10)18)16-11-4-2-3-5-12(11)20/h6-8,11-12,20H,2-5H2,1H3,(H,16,17)/t11-,12+/m1/s1. The third-order valence-electron chi connectivity index (χ3n) is 3.81.